The fourth-order valence-corrected chi connectivity index (χ4v) is 1.93. The van der Waals surface area contributed by atoms with Crippen LogP contribution in [0, 0.1) is 0 Å². The summed E-state index contributed by atoms with van der Waals surface area (Å²) >= 11 is 0. The number of benzene rings is 1. The van der Waals surface area contributed by atoms with E-state index in [9.17, 15) is 14.4 Å². The Morgan fingerprint density at radius 1 is 1.10 bits per heavy atom. The predicted octanol–water partition coefficient (Wildman–Crippen LogP) is 1.17. The molecule has 0 heterocycles. The van der Waals surface area contributed by atoms with Crippen molar-refractivity contribution >= 4 is 23.4 Å². The zero-order valence-electron chi connectivity index (χ0n) is 12.4. The number of nitrogens with zero attached hydrogens (tertiary/aromatic N) is 1. The summed E-state index contributed by atoms with van der Waals surface area (Å²) in [5, 5.41) is 2.09. The molecule has 0 bridgehead atoms. The van der Waals surface area contributed by atoms with Crippen LogP contribution in [0.4, 0.5) is 5.69 Å². The number of anilines is 1. The standard InChI is InChI=1S/C15H21N3O3/c1-3-9-18(10-4-2)15(21)14(20)17-13(19)11-7-5-6-8-12(11)16/h5-8H,3-4,9-10,16H2,1-2H3,(H,17,19,20). The highest BCUT2D eigenvalue weighted by Gasteiger charge is 2.23. The van der Waals surface area contributed by atoms with Crippen LogP contribution in [-0.4, -0.2) is 35.7 Å². The Bertz CT molecular complexity index is 523. The molecule has 0 aliphatic carbocycles. The number of hydrogen-bond donors (Lipinski definition) is 2. The first-order valence-electron chi connectivity index (χ1n) is 7.00. The van der Waals surface area contributed by atoms with Gasteiger partial charge >= 0.3 is 11.8 Å². The molecule has 6 nitrogen and oxygen atoms in total. The van der Waals surface area contributed by atoms with Gasteiger partial charge in [0, 0.05) is 18.8 Å². The molecule has 0 aromatic heterocycles. The molecule has 3 N–H and O–H groups in total. The number of carbonyl (C=O) groups excluding carboxylic acids is 3. The van der Waals surface area contributed by atoms with Crippen LogP contribution in [0.15, 0.2) is 24.3 Å². The van der Waals surface area contributed by atoms with E-state index < -0.39 is 17.7 Å². The van der Waals surface area contributed by atoms with E-state index in [-0.39, 0.29) is 11.3 Å². The molecule has 0 saturated heterocycles. The fourth-order valence-electron chi connectivity index (χ4n) is 1.93. The van der Waals surface area contributed by atoms with Gasteiger partial charge in [-0.2, -0.15) is 0 Å². The highest BCUT2D eigenvalue weighted by Crippen LogP contribution is 2.09. The molecule has 6 heteroatoms. The van der Waals surface area contributed by atoms with E-state index in [1.54, 1.807) is 18.2 Å². The Balaban J connectivity index is 2.73. The normalized spacial score (nSPS) is 10.0. The summed E-state index contributed by atoms with van der Waals surface area (Å²) in [7, 11) is 0. The average molecular weight is 291 g/mol. The number of carbonyl (C=O) groups is 3. The molecule has 1 aromatic carbocycles. The Kier molecular flexibility index (Phi) is 6.39. The van der Waals surface area contributed by atoms with Crippen molar-refractivity contribution in [1.82, 2.24) is 10.2 Å². The minimum Gasteiger partial charge on any atom is -0.398 e. The lowest BCUT2D eigenvalue weighted by molar-refractivity contribution is -0.145. The molecule has 0 aliphatic heterocycles. The molecular weight excluding hydrogens is 270 g/mol. The van der Waals surface area contributed by atoms with Gasteiger partial charge in [0.05, 0.1) is 5.56 Å². The molecule has 0 saturated carbocycles. The van der Waals surface area contributed by atoms with Gasteiger partial charge < -0.3 is 10.6 Å². The summed E-state index contributed by atoms with van der Waals surface area (Å²) in [4.78, 5) is 37.2. The second-order valence-electron chi connectivity index (χ2n) is 4.66. The molecule has 0 aliphatic rings. The van der Waals surface area contributed by atoms with E-state index >= 15 is 0 Å². The highest BCUT2D eigenvalue weighted by atomic mass is 16.2. The molecule has 0 atom stereocenters. The van der Waals surface area contributed by atoms with Crippen molar-refractivity contribution in [2.24, 2.45) is 0 Å². The van der Waals surface area contributed by atoms with Gasteiger partial charge in [0.1, 0.15) is 0 Å². The highest BCUT2D eigenvalue weighted by molar-refractivity contribution is 6.38. The van der Waals surface area contributed by atoms with Crippen LogP contribution in [0.3, 0.4) is 0 Å². The smallest absolute Gasteiger partial charge is 0.316 e. The summed E-state index contributed by atoms with van der Waals surface area (Å²) < 4.78 is 0. The van der Waals surface area contributed by atoms with Crippen molar-refractivity contribution in [1.29, 1.82) is 0 Å². The molecule has 1 rings (SSSR count). The van der Waals surface area contributed by atoms with Crippen molar-refractivity contribution in [3.63, 3.8) is 0 Å². The van der Waals surface area contributed by atoms with Gasteiger partial charge in [-0.3, -0.25) is 19.7 Å². The van der Waals surface area contributed by atoms with Gasteiger partial charge in [0.25, 0.3) is 5.91 Å². The van der Waals surface area contributed by atoms with Crippen LogP contribution in [0.1, 0.15) is 37.0 Å². The number of para-hydroxylation sites is 1. The largest absolute Gasteiger partial charge is 0.398 e. The minimum absolute atomic E-state index is 0.177. The summed E-state index contributed by atoms with van der Waals surface area (Å²) in [5.74, 6) is -2.29. The molecular formula is C15H21N3O3. The maximum atomic E-state index is 12.0. The number of imide groups is 1. The molecule has 0 spiro atoms. The Labute approximate surface area is 124 Å². The lowest BCUT2D eigenvalue weighted by Crippen LogP contribution is -2.45. The van der Waals surface area contributed by atoms with Crippen LogP contribution in [0.5, 0.6) is 0 Å². The van der Waals surface area contributed by atoms with Crippen LogP contribution in [0.2, 0.25) is 0 Å². The van der Waals surface area contributed by atoms with Gasteiger partial charge in [-0.25, -0.2) is 0 Å². The third-order valence-corrected chi connectivity index (χ3v) is 2.90. The summed E-state index contributed by atoms with van der Waals surface area (Å²) in [6.07, 6.45) is 1.50. The third kappa shape index (κ3) is 4.59. The number of nitrogens with two attached hydrogens (primary N) is 1. The van der Waals surface area contributed by atoms with Crippen LogP contribution >= 0.6 is 0 Å². The second-order valence-corrected chi connectivity index (χ2v) is 4.66. The van der Waals surface area contributed by atoms with Gasteiger partial charge in [-0.15, -0.1) is 0 Å². The Hall–Kier alpha value is -2.37. The molecule has 0 radical (unpaired) electrons. The van der Waals surface area contributed by atoms with E-state index in [4.69, 9.17) is 5.73 Å². The summed E-state index contributed by atoms with van der Waals surface area (Å²) in [6, 6.07) is 6.38. The van der Waals surface area contributed by atoms with E-state index in [1.165, 1.54) is 11.0 Å². The molecule has 3 amide bonds. The minimum atomic E-state index is -0.926. The lowest BCUT2D eigenvalue weighted by Gasteiger charge is -2.20. The molecule has 114 valence electrons. The summed E-state index contributed by atoms with van der Waals surface area (Å²) in [5.41, 5.74) is 6.10. The monoisotopic (exact) mass is 291 g/mol. The molecule has 0 unspecified atom stereocenters. The van der Waals surface area contributed by atoms with Gasteiger partial charge in [0.2, 0.25) is 0 Å². The molecule has 1 aromatic rings. The third-order valence-electron chi connectivity index (χ3n) is 2.90. The zero-order valence-corrected chi connectivity index (χ0v) is 12.4. The molecule has 21 heavy (non-hydrogen) atoms. The number of amides is 3. The molecule has 0 fully saturated rings. The second kappa shape index (κ2) is 8.04. The van der Waals surface area contributed by atoms with Crippen molar-refractivity contribution in [2.45, 2.75) is 26.7 Å². The first kappa shape index (κ1) is 16.7. The Morgan fingerprint density at radius 2 is 1.67 bits per heavy atom. The maximum Gasteiger partial charge on any atom is 0.316 e. The van der Waals surface area contributed by atoms with Crippen molar-refractivity contribution < 1.29 is 14.4 Å². The van der Waals surface area contributed by atoms with Crippen LogP contribution < -0.4 is 11.1 Å². The maximum absolute atomic E-state index is 12.0. The topological polar surface area (TPSA) is 92.5 Å². The quantitative estimate of drug-likeness (QED) is 0.629. The number of rotatable bonds is 5. The van der Waals surface area contributed by atoms with E-state index in [1.807, 2.05) is 13.8 Å². The fraction of sp³-hybridized carbons (Fsp3) is 0.400. The van der Waals surface area contributed by atoms with E-state index in [0.717, 1.165) is 12.8 Å². The lowest BCUT2D eigenvalue weighted by atomic mass is 10.1. The van der Waals surface area contributed by atoms with Crippen molar-refractivity contribution in [2.75, 3.05) is 18.8 Å². The van der Waals surface area contributed by atoms with Gasteiger partial charge in [-0.05, 0) is 25.0 Å². The first-order valence-corrected chi connectivity index (χ1v) is 7.00. The summed E-state index contributed by atoms with van der Waals surface area (Å²) in [6.45, 7) is 4.82. The SMILES string of the molecule is CCCN(CCC)C(=O)C(=O)NC(=O)c1ccccc1N. The van der Waals surface area contributed by atoms with Crippen LogP contribution in [-0.2, 0) is 9.59 Å². The van der Waals surface area contributed by atoms with Crippen molar-refractivity contribution in [3.8, 4) is 0 Å². The first-order chi connectivity index (χ1) is 10.0. The zero-order chi connectivity index (χ0) is 15.8. The van der Waals surface area contributed by atoms with E-state index in [0.29, 0.717) is 13.1 Å². The van der Waals surface area contributed by atoms with Gasteiger partial charge in [-0.1, -0.05) is 26.0 Å². The van der Waals surface area contributed by atoms with Gasteiger partial charge in [0.15, 0.2) is 0 Å². The van der Waals surface area contributed by atoms with Crippen molar-refractivity contribution in [3.05, 3.63) is 29.8 Å². The van der Waals surface area contributed by atoms with Crippen LogP contribution in [0.25, 0.3) is 0 Å². The average Bonchev–Trinajstić information content (AvgIpc) is 2.46. The predicted molar refractivity (Wildman–Crippen MR) is 80.5 cm³/mol. The van der Waals surface area contributed by atoms with E-state index in [2.05, 4.69) is 5.32 Å². The number of nitrogen functional groups attached to an aromatic ring is 1. The Morgan fingerprint density at radius 3 is 2.19 bits per heavy atom. The number of nitrogens with one attached hydrogen (secondary N) is 1. The number of hydrogen-bond acceptors (Lipinski definition) is 4.